The molecule has 0 aliphatic carbocycles. The Balaban J connectivity index is 2.31. The molecule has 0 bridgehead atoms. The number of hydrogen-bond acceptors (Lipinski definition) is 4. The molecule has 0 spiro atoms. The Labute approximate surface area is 89.8 Å². The van der Waals surface area contributed by atoms with Gasteiger partial charge in [-0.3, -0.25) is 4.79 Å². The van der Waals surface area contributed by atoms with Crippen molar-refractivity contribution in [2.75, 3.05) is 26.9 Å². The molecule has 0 aromatic carbocycles. The van der Waals surface area contributed by atoms with E-state index in [0.717, 1.165) is 19.3 Å². The first-order valence-electron chi connectivity index (χ1n) is 5.29. The van der Waals surface area contributed by atoms with Gasteiger partial charge < -0.3 is 19.9 Å². The largest absolute Gasteiger partial charge is 0.394 e. The van der Waals surface area contributed by atoms with E-state index < -0.39 is 0 Å². The highest BCUT2D eigenvalue weighted by Gasteiger charge is 2.23. The van der Waals surface area contributed by atoms with Gasteiger partial charge in [0.2, 0.25) is 5.91 Å². The highest BCUT2D eigenvalue weighted by Crippen LogP contribution is 2.12. The number of aliphatic hydroxyl groups is 1. The van der Waals surface area contributed by atoms with Gasteiger partial charge in [-0.05, 0) is 19.3 Å². The number of carbonyl (C=O) groups is 1. The van der Waals surface area contributed by atoms with E-state index in [2.05, 4.69) is 5.32 Å². The summed E-state index contributed by atoms with van der Waals surface area (Å²) in [4.78, 5) is 11.6. The lowest BCUT2D eigenvalue weighted by Gasteiger charge is -2.24. The monoisotopic (exact) mass is 217 g/mol. The Morgan fingerprint density at radius 2 is 2.47 bits per heavy atom. The minimum absolute atomic E-state index is 0.119. The van der Waals surface area contributed by atoms with Crippen molar-refractivity contribution in [1.82, 2.24) is 5.32 Å². The molecule has 1 amide bonds. The molecular weight excluding hydrogens is 198 g/mol. The van der Waals surface area contributed by atoms with Gasteiger partial charge in [0.05, 0.1) is 19.3 Å². The second-order valence-corrected chi connectivity index (χ2v) is 3.70. The summed E-state index contributed by atoms with van der Waals surface area (Å²) < 4.78 is 10.2. The average Bonchev–Trinajstić information content (AvgIpc) is 2.29. The van der Waals surface area contributed by atoms with Crippen molar-refractivity contribution in [3.63, 3.8) is 0 Å². The highest BCUT2D eigenvalue weighted by molar-refractivity contribution is 5.81. The molecule has 5 nitrogen and oxygen atoms in total. The van der Waals surface area contributed by atoms with E-state index >= 15 is 0 Å². The Hall–Kier alpha value is -0.650. The highest BCUT2D eigenvalue weighted by atomic mass is 16.5. The van der Waals surface area contributed by atoms with Gasteiger partial charge in [0, 0.05) is 13.7 Å². The Kier molecular flexibility index (Phi) is 5.60. The van der Waals surface area contributed by atoms with Crippen LogP contribution in [0, 0.1) is 0 Å². The molecule has 5 heteroatoms. The zero-order chi connectivity index (χ0) is 11.1. The van der Waals surface area contributed by atoms with Gasteiger partial charge in [0.25, 0.3) is 0 Å². The van der Waals surface area contributed by atoms with E-state index in [1.807, 2.05) is 0 Å². The summed E-state index contributed by atoms with van der Waals surface area (Å²) in [6.07, 6.45) is 2.44. The molecule has 1 fully saturated rings. The maximum Gasteiger partial charge on any atom is 0.249 e. The third kappa shape index (κ3) is 4.15. The lowest BCUT2D eigenvalue weighted by Crippen LogP contribution is -2.47. The van der Waals surface area contributed by atoms with Crippen LogP contribution in [0.3, 0.4) is 0 Å². The second kappa shape index (κ2) is 6.76. The van der Waals surface area contributed by atoms with Crippen LogP contribution in [0.15, 0.2) is 0 Å². The smallest absolute Gasteiger partial charge is 0.249 e. The van der Waals surface area contributed by atoms with Crippen LogP contribution in [-0.2, 0) is 14.3 Å². The minimum atomic E-state index is -0.357. The van der Waals surface area contributed by atoms with Crippen LogP contribution in [0.2, 0.25) is 0 Å². The molecular formula is C10H19NO4. The molecule has 1 aliphatic heterocycles. The Morgan fingerprint density at radius 3 is 3.00 bits per heavy atom. The van der Waals surface area contributed by atoms with Crippen LogP contribution < -0.4 is 5.32 Å². The van der Waals surface area contributed by atoms with Crippen LogP contribution >= 0.6 is 0 Å². The Morgan fingerprint density at radius 1 is 1.67 bits per heavy atom. The standard InChI is InChI=1S/C10H19NO4/c1-14-7-8(6-12)11-10(13)9-4-2-3-5-15-9/h8-9,12H,2-7H2,1H3,(H,11,13). The van der Waals surface area contributed by atoms with Crippen LogP contribution in [0.4, 0.5) is 0 Å². The maximum atomic E-state index is 11.6. The third-order valence-corrected chi connectivity index (χ3v) is 2.41. The molecule has 0 radical (unpaired) electrons. The number of amides is 1. The number of ether oxygens (including phenoxy) is 2. The fourth-order valence-corrected chi connectivity index (χ4v) is 1.58. The van der Waals surface area contributed by atoms with Crippen molar-refractivity contribution in [3.8, 4) is 0 Å². The van der Waals surface area contributed by atoms with E-state index in [4.69, 9.17) is 14.6 Å². The van der Waals surface area contributed by atoms with Crippen LogP contribution in [0.1, 0.15) is 19.3 Å². The molecule has 1 aliphatic rings. The molecule has 1 rings (SSSR count). The van der Waals surface area contributed by atoms with Gasteiger partial charge in [-0.15, -0.1) is 0 Å². The molecule has 0 aromatic heterocycles. The molecule has 0 saturated carbocycles. The van der Waals surface area contributed by atoms with Crippen LogP contribution in [0.25, 0.3) is 0 Å². The summed E-state index contributed by atoms with van der Waals surface area (Å²) >= 11 is 0. The van der Waals surface area contributed by atoms with E-state index in [1.54, 1.807) is 0 Å². The summed E-state index contributed by atoms with van der Waals surface area (Å²) in [6.45, 7) is 0.841. The van der Waals surface area contributed by atoms with Gasteiger partial charge >= 0.3 is 0 Å². The summed E-state index contributed by atoms with van der Waals surface area (Å²) in [6, 6.07) is -0.340. The maximum absolute atomic E-state index is 11.6. The molecule has 2 unspecified atom stereocenters. The van der Waals surface area contributed by atoms with Crippen LogP contribution in [-0.4, -0.2) is 50.1 Å². The summed E-state index contributed by atoms with van der Waals surface area (Å²) in [5, 5.41) is 11.7. The molecule has 1 heterocycles. The van der Waals surface area contributed by atoms with Crippen molar-refractivity contribution in [2.45, 2.75) is 31.4 Å². The van der Waals surface area contributed by atoms with Crippen LogP contribution in [0.5, 0.6) is 0 Å². The predicted molar refractivity (Wildman–Crippen MR) is 54.5 cm³/mol. The number of aliphatic hydroxyl groups excluding tert-OH is 1. The normalized spacial score (nSPS) is 23.5. The summed E-state index contributed by atoms with van der Waals surface area (Å²) in [5.41, 5.74) is 0. The topological polar surface area (TPSA) is 67.8 Å². The zero-order valence-corrected chi connectivity index (χ0v) is 9.07. The summed E-state index contributed by atoms with van der Waals surface area (Å²) in [7, 11) is 1.53. The number of nitrogens with one attached hydrogen (secondary N) is 1. The second-order valence-electron chi connectivity index (χ2n) is 3.70. The van der Waals surface area contributed by atoms with E-state index in [9.17, 15) is 4.79 Å². The van der Waals surface area contributed by atoms with Crippen molar-refractivity contribution in [3.05, 3.63) is 0 Å². The van der Waals surface area contributed by atoms with E-state index in [0.29, 0.717) is 13.2 Å². The molecule has 1 saturated heterocycles. The first-order chi connectivity index (χ1) is 7.27. The summed E-state index contributed by atoms with van der Waals surface area (Å²) in [5.74, 6) is -0.147. The van der Waals surface area contributed by atoms with Gasteiger partial charge in [-0.1, -0.05) is 0 Å². The molecule has 15 heavy (non-hydrogen) atoms. The quantitative estimate of drug-likeness (QED) is 0.662. The predicted octanol–water partition coefficient (Wildman–Crippen LogP) is -0.321. The average molecular weight is 217 g/mol. The number of rotatable bonds is 5. The first-order valence-corrected chi connectivity index (χ1v) is 5.29. The number of methoxy groups -OCH3 is 1. The van der Waals surface area contributed by atoms with Gasteiger partial charge in [0.1, 0.15) is 6.10 Å². The number of hydrogen-bond donors (Lipinski definition) is 2. The van der Waals surface area contributed by atoms with Crippen molar-refractivity contribution >= 4 is 5.91 Å². The lowest BCUT2D eigenvalue weighted by atomic mass is 10.1. The van der Waals surface area contributed by atoms with E-state index in [1.165, 1.54) is 7.11 Å². The van der Waals surface area contributed by atoms with Crippen molar-refractivity contribution in [1.29, 1.82) is 0 Å². The fourth-order valence-electron chi connectivity index (χ4n) is 1.58. The number of carbonyl (C=O) groups excluding carboxylic acids is 1. The van der Waals surface area contributed by atoms with Gasteiger partial charge in [-0.25, -0.2) is 0 Å². The molecule has 2 N–H and O–H groups in total. The van der Waals surface area contributed by atoms with Gasteiger partial charge in [0.15, 0.2) is 0 Å². The third-order valence-electron chi connectivity index (χ3n) is 2.41. The lowest BCUT2D eigenvalue weighted by molar-refractivity contribution is -0.136. The fraction of sp³-hybridized carbons (Fsp3) is 0.900. The molecule has 88 valence electrons. The van der Waals surface area contributed by atoms with E-state index in [-0.39, 0.29) is 24.7 Å². The first kappa shape index (κ1) is 12.4. The zero-order valence-electron chi connectivity index (χ0n) is 9.07. The minimum Gasteiger partial charge on any atom is -0.394 e. The molecule has 2 atom stereocenters. The molecule has 0 aromatic rings. The van der Waals surface area contributed by atoms with Crippen molar-refractivity contribution < 1.29 is 19.4 Å². The van der Waals surface area contributed by atoms with Crippen molar-refractivity contribution in [2.24, 2.45) is 0 Å². The Bertz CT molecular complexity index is 192. The van der Waals surface area contributed by atoms with Gasteiger partial charge in [-0.2, -0.15) is 0 Å². The SMILES string of the molecule is COCC(CO)NC(=O)C1CCCCO1.